The van der Waals surface area contributed by atoms with Crippen LogP contribution < -0.4 is 10.2 Å². The average Bonchev–Trinajstić information content (AvgIpc) is 3.40. The maximum atomic E-state index is 12.3. The summed E-state index contributed by atoms with van der Waals surface area (Å²) in [6, 6.07) is 14.0. The van der Waals surface area contributed by atoms with E-state index < -0.39 is 0 Å². The Kier molecular flexibility index (Phi) is 7.96. The fourth-order valence-corrected chi connectivity index (χ4v) is 3.85. The van der Waals surface area contributed by atoms with E-state index in [1.165, 1.54) is 17.4 Å². The molecule has 0 spiro atoms. The number of carbonyl (C=O) groups excluding carboxylic acids is 1. The van der Waals surface area contributed by atoms with Crippen molar-refractivity contribution < 1.29 is 9.21 Å². The fraction of sp³-hybridized carbons (Fsp3) is 0.409. The molecule has 0 unspecified atom stereocenters. The fourth-order valence-electron chi connectivity index (χ4n) is 3.08. The number of nitrogens with zero attached hydrogens (tertiary/aromatic N) is 4. The van der Waals surface area contributed by atoms with Crippen LogP contribution in [0.2, 0.25) is 0 Å². The third kappa shape index (κ3) is 6.13. The third-order valence-corrected chi connectivity index (χ3v) is 5.64. The van der Waals surface area contributed by atoms with E-state index in [4.69, 9.17) is 4.42 Å². The SMILES string of the molecule is CC(C)c1nnc(SCC(=O)NCCCN(C)c2ccccc2)n1Cc1ccco1. The van der Waals surface area contributed by atoms with Gasteiger partial charge in [0, 0.05) is 31.7 Å². The Balaban J connectivity index is 1.45. The second kappa shape index (κ2) is 10.9. The van der Waals surface area contributed by atoms with Gasteiger partial charge in [-0.3, -0.25) is 9.36 Å². The van der Waals surface area contributed by atoms with E-state index >= 15 is 0 Å². The minimum atomic E-state index is 0.000935. The van der Waals surface area contributed by atoms with Crippen molar-refractivity contribution in [2.75, 3.05) is 30.8 Å². The number of anilines is 1. The number of benzene rings is 1. The Hall–Kier alpha value is -2.74. The van der Waals surface area contributed by atoms with Crippen LogP contribution in [0.15, 0.2) is 58.3 Å². The van der Waals surface area contributed by atoms with E-state index in [2.05, 4.69) is 53.4 Å². The van der Waals surface area contributed by atoms with Crippen LogP contribution in [0.1, 0.15) is 37.8 Å². The summed E-state index contributed by atoms with van der Waals surface area (Å²) in [7, 11) is 2.06. The lowest BCUT2D eigenvalue weighted by Gasteiger charge is -2.19. The molecule has 0 bridgehead atoms. The maximum Gasteiger partial charge on any atom is 0.230 e. The first-order chi connectivity index (χ1) is 14.5. The van der Waals surface area contributed by atoms with E-state index in [0.29, 0.717) is 18.8 Å². The van der Waals surface area contributed by atoms with E-state index in [1.54, 1.807) is 6.26 Å². The van der Waals surface area contributed by atoms with Crippen molar-refractivity contribution in [3.8, 4) is 0 Å². The Morgan fingerprint density at radius 1 is 1.20 bits per heavy atom. The number of hydrogen-bond acceptors (Lipinski definition) is 6. The molecule has 1 amide bonds. The predicted molar refractivity (Wildman–Crippen MR) is 120 cm³/mol. The van der Waals surface area contributed by atoms with Gasteiger partial charge in [-0.2, -0.15) is 0 Å². The molecule has 2 aromatic heterocycles. The van der Waals surface area contributed by atoms with Crippen LogP contribution in [-0.4, -0.2) is 46.6 Å². The average molecular weight is 428 g/mol. The van der Waals surface area contributed by atoms with Gasteiger partial charge in [-0.05, 0) is 30.7 Å². The highest BCUT2D eigenvalue weighted by molar-refractivity contribution is 7.99. The minimum absolute atomic E-state index is 0.000935. The molecule has 0 atom stereocenters. The van der Waals surface area contributed by atoms with Gasteiger partial charge >= 0.3 is 0 Å². The van der Waals surface area contributed by atoms with Crippen molar-refractivity contribution in [3.05, 3.63) is 60.3 Å². The zero-order chi connectivity index (χ0) is 21.3. The van der Waals surface area contributed by atoms with Crippen molar-refractivity contribution in [2.45, 2.75) is 37.9 Å². The molecule has 0 saturated heterocycles. The molecule has 1 aromatic carbocycles. The van der Waals surface area contributed by atoms with Crippen LogP contribution in [0, 0.1) is 0 Å². The molecule has 0 aliphatic carbocycles. The molecule has 30 heavy (non-hydrogen) atoms. The van der Waals surface area contributed by atoms with Crippen molar-refractivity contribution >= 4 is 23.4 Å². The van der Waals surface area contributed by atoms with Gasteiger partial charge in [0.05, 0.1) is 18.6 Å². The van der Waals surface area contributed by atoms with Crippen LogP contribution >= 0.6 is 11.8 Å². The summed E-state index contributed by atoms with van der Waals surface area (Å²) in [4.78, 5) is 14.5. The largest absolute Gasteiger partial charge is 0.467 e. The number of carbonyl (C=O) groups is 1. The molecule has 0 saturated carbocycles. The number of amides is 1. The van der Waals surface area contributed by atoms with Gasteiger partial charge in [-0.25, -0.2) is 0 Å². The number of para-hydroxylation sites is 1. The second-order valence-corrected chi connectivity index (χ2v) is 8.35. The Morgan fingerprint density at radius 2 is 2.00 bits per heavy atom. The molecule has 1 N–H and O–H groups in total. The molecule has 160 valence electrons. The molecule has 0 radical (unpaired) electrons. The van der Waals surface area contributed by atoms with Gasteiger partial charge in [-0.1, -0.05) is 43.8 Å². The van der Waals surface area contributed by atoms with E-state index in [-0.39, 0.29) is 11.8 Å². The molecule has 8 heteroatoms. The van der Waals surface area contributed by atoms with Gasteiger partial charge in [0.1, 0.15) is 11.6 Å². The number of hydrogen-bond donors (Lipinski definition) is 1. The lowest BCUT2D eigenvalue weighted by Crippen LogP contribution is -2.29. The van der Waals surface area contributed by atoms with Crippen LogP contribution in [0.3, 0.4) is 0 Å². The summed E-state index contributed by atoms with van der Waals surface area (Å²) in [6.45, 7) is 6.25. The van der Waals surface area contributed by atoms with Crippen molar-refractivity contribution in [2.24, 2.45) is 0 Å². The minimum Gasteiger partial charge on any atom is -0.467 e. The van der Waals surface area contributed by atoms with Gasteiger partial charge in [-0.15, -0.1) is 10.2 Å². The standard InChI is InChI=1S/C22H29N5O2S/c1-17(2)21-24-25-22(27(21)15-19-11-7-14-29-19)30-16-20(28)23-12-8-13-26(3)18-9-5-4-6-10-18/h4-7,9-11,14,17H,8,12-13,15-16H2,1-3H3,(H,23,28). The molecular weight excluding hydrogens is 398 g/mol. The Labute approximate surface area is 181 Å². The summed E-state index contributed by atoms with van der Waals surface area (Å²) in [5, 5.41) is 12.3. The number of thioether (sulfide) groups is 1. The maximum absolute atomic E-state index is 12.3. The Bertz CT molecular complexity index is 909. The molecule has 3 rings (SSSR count). The van der Waals surface area contributed by atoms with Crippen molar-refractivity contribution in [1.82, 2.24) is 20.1 Å². The third-order valence-electron chi connectivity index (χ3n) is 4.68. The highest BCUT2D eigenvalue weighted by atomic mass is 32.2. The lowest BCUT2D eigenvalue weighted by atomic mass is 10.2. The van der Waals surface area contributed by atoms with Crippen molar-refractivity contribution in [3.63, 3.8) is 0 Å². The van der Waals surface area contributed by atoms with Gasteiger partial charge in [0.2, 0.25) is 5.91 Å². The highest BCUT2D eigenvalue weighted by Crippen LogP contribution is 2.22. The number of aromatic nitrogens is 3. The monoisotopic (exact) mass is 427 g/mol. The van der Waals surface area contributed by atoms with Crippen LogP contribution in [0.5, 0.6) is 0 Å². The molecule has 2 heterocycles. The van der Waals surface area contributed by atoms with E-state index in [1.807, 2.05) is 34.9 Å². The lowest BCUT2D eigenvalue weighted by molar-refractivity contribution is -0.118. The van der Waals surface area contributed by atoms with Gasteiger partial charge < -0.3 is 14.6 Å². The van der Waals surface area contributed by atoms with Gasteiger partial charge in [0.15, 0.2) is 5.16 Å². The molecule has 3 aromatic rings. The molecule has 0 aliphatic rings. The Morgan fingerprint density at radius 3 is 2.70 bits per heavy atom. The predicted octanol–water partition coefficient (Wildman–Crippen LogP) is 3.78. The number of rotatable bonds is 11. The molecular formula is C22H29N5O2S. The topological polar surface area (TPSA) is 76.2 Å². The highest BCUT2D eigenvalue weighted by Gasteiger charge is 2.17. The first kappa shape index (κ1) is 22.0. The zero-order valence-corrected chi connectivity index (χ0v) is 18.6. The van der Waals surface area contributed by atoms with Crippen molar-refractivity contribution in [1.29, 1.82) is 0 Å². The first-order valence-electron chi connectivity index (χ1n) is 10.2. The summed E-state index contributed by atoms with van der Waals surface area (Å²) in [6.07, 6.45) is 2.54. The molecule has 0 aliphatic heterocycles. The van der Waals surface area contributed by atoms with Crippen LogP contribution in [0.4, 0.5) is 5.69 Å². The summed E-state index contributed by atoms with van der Waals surface area (Å²) in [5.74, 6) is 2.27. The van der Waals surface area contributed by atoms with E-state index in [9.17, 15) is 4.79 Å². The molecule has 0 fully saturated rings. The van der Waals surface area contributed by atoms with Crippen LogP contribution in [-0.2, 0) is 11.3 Å². The normalized spacial score (nSPS) is 11.1. The number of nitrogens with one attached hydrogen (secondary N) is 1. The molecule has 7 nitrogen and oxygen atoms in total. The van der Waals surface area contributed by atoms with Crippen LogP contribution in [0.25, 0.3) is 0 Å². The van der Waals surface area contributed by atoms with E-state index in [0.717, 1.165) is 29.7 Å². The summed E-state index contributed by atoms with van der Waals surface area (Å²) >= 11 is 1.40. The smallest absolute Gasteiger partial charge is 0.230 e. The summed E-state index contributed by atoms with van der Waals surface area (Å²) < 4.78 is 7.49. The van der Waals surface area contributed by atoms with Gasteiger partial charge in [0.25, 0.3) is 0 Å². The second-order valence-electron chi connectivity index (χ2n) is 7.41. The quantitative estimate of drug-likeness (QED) is 0.371. The summed E-state index contributed by atoms with van der Waals surface area (Å²) in [5.41, 5.74) is 1.18. The zero-order valence-electron chi connectivity index (χ0n) is 17.7. The first-order valence-corrected chi connectivity index (χ1v) is 11.1. The number of furan rings is 1.